The van der Waals surface area contributed by atoms with Gasteiger partial charge in [-0.3, -0.25) is 4.79 Å². The van der Waals surface area contributed by atoms with Crippen LogP contribution < -0.4 is 4.74 Å². The molecule has 1 unspecified atom stereocenters. The molecule has 132 valence electrons. The molecule has 0 radical (unpaired) electrons. The standard InChI is InChI=1S/C19H18F3NO2/c20-14-3-6-16(7-4-14)25-12-13-2-1-9-23(11-13)19(24)17-8-5-15(21)10-18(17)22/h3-8,10,13H,1-2,9,11-12H2. The zero-order valence-electron chi connectivity index (χ0n) is 13.6. The first kappa shape index (κ1) is 17.3. The molecule has 1 amide bonds. The third-order valence-corrected chi connectivity index (χ3v) is 4.27. The van der Waals surface area contributed by atoms with Crippen LogP contribution in [-0.2, 0) is 0 Å². The molecule has 0 N–H and O–H groups in total. The summed E-state index contributed by atoms with van der Waals surface area (Å²) in [6, 6.07) is 8.71. The lowest BCUT2D eigenvalue weighted by molar-refractivity contribution is 0.0628. The maximum atomic E-state index is 13.8. The summed E-state index contributed by atoms with van der Waals surface area (Å²) in [7, 11) is 0. The topological polar surface area (TPSA) is 29.5 Å². The van der Waals surface area contributed by atoms with Crippen LogP contribution in [0.2, 0.25) is 0 Å². The molecule has 0 bridgehead atoms. The first-order chi connectivity index (χ1) is 12.0. The molecule has 2 aromatic rings. The Morgan fingerprint density at radius 2 is 1.80 bits per heavy atom. The van der Waals surface area contributed by atoms with Crippen molar-refractivity contribution in [2.45, 2.75) is 12.8 Å². The van der Waals surface area contributed by atoms with Gasteiger partial charge in [-0.2, -0.15) is 0 Å². The lowest BCUT2D eigenvalue weighted by atomic mass is 9.98. The van der Waals surface area contributed by atoms with Crippen LogP contribution in [0.15, 0.2) is 42.5 Å². The van der Waals surface area contributed by atoms with Crippen LogP contribution in [0.5, 0.6) is 5.75 Å². The zero-order valence-corrected chi connectivity index (χ0v) is 13.6. The number of amides is 1. The summed E-state index contributed by atoms with van der Waals surface area (Å²) in [6.45, 7) is 1.36. The Morgan fingerprint density at radius 3 is 2.52 bits per heavy atom. The van der Waals surface area contributed by atoms with Crippen LogP contribution in [0.25, 0.3) is 0 Å². The lowest BCUT2D eigenvalue weighted by Gasteiger charge is -2.32. The van der Waals surface area contributed by atoms with Crippen LogP contribution in [0.3, 0.4) is 0 Å². The molecule has 3 rings (SSSR count). The highest BCUT2D eigenvalue weighted by Crippen LogP contribution is 2.22. The normalized spacial score (nSPS) is 17.4. The van der Waals surface area contributed by atoms with E-state index in [-0.39, 0.29) is 17.3 Å². The number of hydrogen-bond acceptors (Lipinski definition) is 2. The summed E-state index contributed by atoms with van der Waals surface area (Å²) in [4.78, 5) is 14.0. The Morgan fingerprint density at radius 1 is 1.08 bits per heavy atom. The molecule has 1 saturated heterocycles. The summed E-state index contributed by atoms with van der Waals surface area (Å²) >= 11 is 0. The van der Waals surface area contributed by atoms with Crippen molar-refractivity contribution in [3.8, 4) is 5.75 Å². The summed E-state index contributed by atoms with van der Waals surface area (Å²) in [5, 5.41) is 0. The van der Waals surface area contributed by atoms with Crippen LogP contribution in [0, 0.1) is 23.4 Å². The second kappa shape index (κ2) is 7.59. The van der Waals surface area contributed by atoms with Crippen molar-refractivity contribution in [2.24, 2.45) is 5.92 Å². The molecule has 1 heterocycles. The molecular weight excluding hydrogens is 331 g/mol. The summed E-state index contributed by atoms with van der Waals surface area (Å²) in [5.74, 6) is -1.67. The van der Waals surface area contributed by atoms with Gasteiger partial charge in [0.25, 0.3) is 5.91 Å². The number of nitrogens with zero attached hydrogens (tertiary/aromatic N) is 1. The number of piperidine rings is 1. The predicted octanol–water partition coefficient (Wildman–Crippen LogP) is 4.04. The van der Waals surface area contributed by atoms with Crippen LogP contribution in [0.1, 0.15) is 23.2 Å². The Bertz CT molecular complexity index is 749. The minimum Gasteiger partial charge on any atom is -0.493 e. The third-order valence-electron chi connectivity index (χ3n) is 4.27. The molecule has 0 saturated carbocycles. The molecule has 6 heteroatoms. The zero-order chi connectivity index (χ0) is 17.8. The lowest BCUT2D eigenvalue weighted by Crippen LogP contribution is -2.41. The van der Waals surface area contributed by atoms with E-state index in [0.29, 0.717) is 31.5 Å². The second-order valence-corrected chi connectivity index (χ2v) is 6.15. The highest BCUT2D eigenvalue weighted by Gasteiger charge is 2.26. The minimum absolute atomic E-state index is 0.103. The molecule has 0 aliphatic carbocycles. The number of rotatable bonds is 4. The smallest absolute Gasteiger partial charge is 0.256 e. The maximum Gasteiger partial charge on any atom is 0.256 e. The fraction of sp³-hybridized carbons (Fsp3) is 0.316. The number of likely N-dealkylation sites (tertiary alicyclic amines) is 1. The van der Waals surface area contributed by atoms with Crippen LogP contribution in [-0.4, -0.2) is 30.5 Å². The monoisotopic (exact) mass is 349 g/mol. The summed E-state index contributed by atoms with van der Waals surface area (Å²) < 4.78 is 45.3. The second-order valence-electron chi connectivity index (χ2n) is 6.15. The SMILES string of the molecule is O=C(c1ccc(F)cc1F)N1CCCC(COc2ccc(F)cc2)C1. The average molecular weight is 349 g/mol. The van der Waals surface area contributed by atoms with Crippen molar-refractivity contribution in [3.05, 3.63) is 65.5 Å². The van der Waals surface area contributed by atoms with Gasteiger partial charge in [0.05, 0.1) is 12.2 Å². The van der Waals surface area contributed by atoms with Crippen molar-refractivity contribution in [2.75, 3.05) is 19.7 Å². The molecule has 0 spiro atoms. The fourth-order valence-corrected chi connectivity index (χ4v) is 2.96. The molecule has 1 aliphatic heterocycles. The van der Waals surface area contributed by atoms with E-state index in [1.807, 2.05) is 0 Å². The van der Waals surface area contributed by atoms with Crippen LogP contribution in [0.4, 0.5) is 13.2 Å². The van der Waals surface area contributed by atoms with Crippen molar-refractivity contribution in [1.29, 1.82) is 0 Å². The van der Waals surface area contributed by atoms with Gasteiger partial charge in [0.2, 0.25) is 0 Å². The van der Waals surface area contributed by atoms with Gasteiger partial charge < -0.3 is 9.64 Å². The van der Waals surface area contributed by atoms with E-state index in [4.69, 9.17) is 4.74 Å². The number of carbonyl (C=O) groups is 1. The van der Waals surface area contributed by atoms with Crippen molar-refractivity contribution in [3.63, 3.8) is 0 Å². The first-order valence-electron chi connectivity index (χ1n) is 8.15. The molecule has 25 heavy (non-hydrogen) atoms. The number of halogens is 3. The quantitative estimate of drug-likeness (QED) is 0.834. The maximum absolute atomic E-state index is 13.8. The fourth-order valence-electron chi connectivity index (χ4n) is 2.96. The van der Waals surface area contributed by atoms with Gasteiger partial charge in [-0.05, 0) is 49.2 Å². The van der Waals surface area contributed by atoms with E-state index < -0.39 is 17.5 Å². The summed E-state index contributed by atoms with van der Waals surface area (Å²) in [5.41, 5.74) is -0.124. The van der Waals surface area contributed by atoms with Crippen molar-refractivity contribution in [1.82, 2.24) is 4.90 Å². The summed E-state index contributed by atoms with van der Waals surface area (Å²) in [6.07, 6.45) is 1.67. The number of hydrogen-bond donors (Lipinski definition) is 0. The molecule has 1 fully saturated rings. The first-order valence-corrected chi connectivity index (χ1v) is 8.15. The van der Waals surface area contributed by atoms with Gasteiger partial charge in [-0.25, -0.2) is 13.2 Å². The molecule has 1 aliphatic rings. The van der Waals surface area contributed by atoms with E-state index in [9.17, 15) is 18.0 Å². The number of benzene rings is 2. The van der Waals surface area contributed by atoms with Crippen molar-refractivity contribution < 1.29 is 22.7 Å². The van der Waals surface area contributed by atoms with Crippen molar-refractivity contribution >= 4 is 5.91 Å². The van der Waals surface area contributed by atoms with Crippen LogP contribution >= 0.6 is 0 Å². The average Bonchev–Trinajstić information content (AvgIpc) is 2.61. The largest absolute Gasteiger partial charge is 0.493 e. The van der Waals surface area contributed by atoms with Gasteiger partial charge in [0.1, 0.15) is 23.2 Å². The third kappa shape index (κ3) is 4.32. The van der Waals surface area contributed by atoms with Gasteiger partial charge in [0.15, 0.2) is 0 Å². The Balaban J connectivity index is 1.60. The predicted molar refractivity (Wildman–Crippen MR) is 86.9 cm³/mol. The van der Waals surface area contributed by atoms with E-state index in [2.05, 4.69) is 0 Å². The van der Waals surface area contributed by atoms with Gasteiger partial charge >= 0.3 is 0 Å². The highest BCUT2D eigenvalue weighted by molar-refractivity contribution is 5.94. The number of ether oxygens (including phenoxy) is 1. The molecule has 3 nitrogen and oxygen atoms in total. The Labute approximate surface area is 144 Å². The van der Waals surface area contributed by atoms with Gasteiger partial charge in [0, 0.05) is 25.1 Å². The van der Waals surface area contributed by atoms with Gasteiger partial charge in [-0.15, -0.1) is 0 Å². The molecule has 0 aromatic heterocycles. The minimum atomic E-state index is -0.852. The molecule has 1 atom stereocenters. The highest BCUT2D eigenvalue weighted by atomic mass is 19.1. The Kier molecular flexibility index (Phi) is 5.26. The van der Waals surface area contributed by atoms with E-state index in [0.717, 1.165) is 18.9 Å². The number of carbonyl (C=O) groups excluding carboxylic acids is 1. The Hall–Kier alpha value is -2.50. The van der Waals surface area contributed by atoms with Gasteiger partial charge in [-0.1, -0.05) is 0 Å². The molecule has 2 aromatic carbocycles. The van der Waals surface area contributed by atoms with E-state index >= 15 is 0 Å². The van der Waals surface area contributed by atoms with E-state index in [1.165, 1.54) is 18.2 Å². The molecular formula is C19H18F3NO2. The van der Waals surface area contributed by atoms with E-state index in [1.54, 1.807) is 17.0 Å².